The fraction of sp³-hybridized carbons (Fsp3) is 0.364. The first-order valence-corrected chi connectivity index (χ1v) is 6.87. The van der Waals surface area contributed by atoms with E-state index < -0.39 is 9.84 Å². The van der Waals surface area contributed by atoms with Crippen LogP contribution in [0.3, 0.4) is 0 Å². The van der Waals surface area contributed by atoms with Crippen molar-refractivity contribution in [2.24, 2.45) is 5.73 Å². The van der Waals surface area contributed by atoms with E-state index in [9.17, 15) is 8.42 Å². The minimum absolute atomic E-state index is 0.0414. The summed E-state index contributed by atoms with van der Waals surface area (Å²) in [5.41, 5.74) is 5.79. The summed E-state index contributed by atoms with van der Waals surface area (Å²) in [6.07, 6.45) is 0. The Kier molecular flexibility index (Phi) is 4.65. The lowest BCUT2D eigenvalue weighted by molar-refractivity contribution is 0.163. The number of amidine groups is 1. The van der Waals surface area contributed by atoms with Crippen molar-refractivity contribution in [3.63, 3.8) is 0 Å². The summed E-state index contributed by atoms with van der Waals surface area (Å²) < 4.78 is 28.7. The van der Waals surface area contributed by atoms with Crippen molar-refractivity contribution in [1.29, 1.82) is 5.41 Å². The van der Waals surface area contributed by atoms with Gasteiger partial charge in [0.05, 0.1) is 17.3 Å². The van der Waals surface area contributed by atoms with Crippen LogP contribution in [0.2, 0.25) is 0 Å². The van der Waals surface area contributed by atoms with Gasteiger partial charge in [-0.1, -0.05) is 12.1 Å². The highest BCUT2D eigenvalue weighted by atomic mass is 32.2. The van der Waals surface area contributed by atoms with Crippen LogP contribution in [-0.2, 0) is 14.6 Å². The van der Waals surface area contributed by atoms with Gasteiger partial charge in [-0.3, -0.25) is 5.41 Å². The zero-order chi connectivity index (χ0) is 12.9. The summed E-state index contributed by atoms with van der Waals surface area (Å²) in [6, 6.07) is 5.96. The van der Waals surface area contributed by atoms with Crippen LogP contribution in [0.4, 0.5) is 0 Å². The Morgan fingerprint density at radius 3 is 2.41 bits per heavy atom. The number of sulfone groups is 1. The fourth-order valence-electron chi connectivity index (χ4n) is 1.27. The van der Waals surface area contributed by atoms with Crippen LogP contribution in [0.5, 0.6) is 0 Å². The molecule has 0 saturated heterocycles. The minimum atomic E-state index is -3.31. The molecule has 0 radical (unpaired) electrons. The normalized spacial score (nSPS) is 11.4. The van der Waals surface area contributed by atoms with E-state index in [1.165, 1.54) is 24.3 Å². The second kappa shape index (κ2) is 5.79. The van der Waals surface area contributed by atoms with E-state index in [1.807, 2.05) is 6.92 Å². The van der Waals surface area contributed by atoms with Gasteiger partial charge in [-0.05, 0) is 19.1 Å². The number of rotatable bonds is 6. The van der Waals surface area contributed by atoms with Crippen LogP contribution in [-0.4, -0.2) is 33.2 Å². The van der Waals surface area contributed by atoms with Crippen LogP contribution in [0.15, 0.2) is 29.2 Å². The van der Waals surface area contributed by atoms with Gasteiger partial charge in [0.2, 0.25) is 0 Å². The van der Waals surface area contributed by atoms with Gasteiger partial charge in [0.25, 0.3) is 0 Å². The quantitative estimate of drug-likeness (QED) is 0.447. The van der Waals surface area contributed by atoms with Crippen LogP contribution in [0.1, 0.15) is 12.5 Å². The van der Waals surface area contributed by atoms with E-state index in [2.05, 4.69) is 0 Å². The topological polar surface area (TPSA) is 93.2 Å². The molecule has 94 valence electrons. The SMILES string of the molecule is CCOCCS(=O)(=O)c1ccc(C(=N)N)cc1. The van der Waals surface area contributed by atoms with Crippen molar-refractivity contribution < 1.29 is 13.2 Å². The second-order valence-electron chi connectivity index (χ2n) is 3.45. The Bertz CT molecular complexity index is 480. The largest absolute Gasteiger partial charge is 0.384 e. The van der Waals surface area contributed by atoms with Gasteiger partial charge >= 0.3 is 0 Å². The Morgan fingerprint density at radius 1 is 1.35 bits per heavy atom. The Labute approximate surface area is 101 Å². The van der Waals surface area contributed by atoms with Crippen molar-refractivity contribution in [1.82, 2.24) is 0 Å². The molecule has 0 saturated carbocycles. The summed E-state index contributed by atoms with van der Waals surface area (Å²) in [5.74, 6) is -0.122. The number of hydrogen-bond acceptors (Lipinski definition) is 4. The molecular formula is C11H16N2O3S. The van der Waals surface area contributed by atoms with Crippen molar-refractivity contribution in [2.75, 3.05) is 19.0 Å². The van der Waals surface area contributed by atoms with Crippen LogP contribution in [0.25, 0.3) is 0 Å². The molecule has 0 atom stereocenters. The zero-order valence-corrected chi connectivity index (χ0v) is 10.5. The van der Waals surface area contributed by atoms with Crippen molar-refractivity contribution in [3.05, 3.63) is 29.8 Å². The first-order chi connectivity index (χ1) is 7.97. The van der Waals surface area contributed by atoms with Crippen LogP contribution >= 0.6 is 0 Å². The molecule has 3 N–H and O–H groups in total. The van der Waals surface area contributed by atoms with Crippen LogP contribution < -0.4 is 5.73 Å². The first-order valence-electron chi connectivity index (χ1n) is 5.22. The summed E-state index contributed by atoms with van der Waals surface area (Å²) in [4.78, 5) is 0.224. The average Bonchev–Trinajstić information content (AvgIpc) is 2.29. The van der Waals surface area contributed by atoms with Crippen LogP contribution in [0, 0.1) is 5.41 Å². The Hall–Kier alpha value is -1.40. The molecule has 0 spiro atoms. The highest BCUT2D eigenvalue weighted by Crippen LogP contribution is 2.12. The summed E-state index contributed by atoms with van der Waals surface area (Å²) >= 11 is 0. The number of benzene rings is 1. The maximum atomic E-state index is 11.8. The fourth-order valence-corrected chi connectivity index (χ4v) is 2.40. The minimum Gasteiger partial charge on any atom is -0.384 e. The maximum absolute atomic E-state index is 11.8. The highest BCUT2D eigenvalue weighted by Gasteiger charge is 2.14. The lowest BCUT2D eigenvalue weighted by Crippen LogP contribution is -2.14. The molecule has 1 aromatic rings. The number of ether oxygens (including phenoxy) is 1. The molecule has 1 rings (SSSR count). The number of nitrogen functional groups attached to an aromatic ring is 1. The zero-order valence-electron chi connectivity index (χ0n) is 9.64. The lowest BCUT2D eigenvalue weighted by atomic mass is 10.2. The molecule has 0 bridgehead atoms. The highest BCUT2D eigenvalue weighted by molar-refractivity contribution is 7.91. The van der Waals surface area contributed by atoms with E-state index in [4.69, 9.17) is 15.9 Å². The predicted octanol–water partition coefficient (Wildman–Crippen LogP) is 0.781. The van der Waals surface area contributed by atoms with Gasteiger partial charge in [0.15, 0.2) is 9.84 Å². The standard InChI is InChI=1S/C11H16N2O3S/c1-2-16-7-8-17(14,15)10-5-3-9(4-6-10)11(12)13/h3-6H,2,7-8H2,1H3,(H3,12,13). The molecule has 17 heavy (non-hydrogen) atoms. The van der Waals surface area contributed by atoms with Gasteiger partial charge in [0.1, 0.15) is 5.84 Å². The molecule has 1 aromatic carbocycles. The van der Waals surface area contributed by atoms with Crippen molar-refractivity contribution in [3.8, 4) is 0 Å². The lowest BCUT2D eigenvalue weighted by Gasteiger charge is -2.05. The molecule has 5 nitrogen and oxygen atoms in total. The molecule has 0 unspecified atom stereocenters. The molecule has 0 fully saturated rings. The molecule has 0 aliphatic heterocycles. The first kappa shape index (κ1) is 13.7. The number of hydrogen-bond donors (Lipinski definition) is 2. The molecular weight excluding hydrogens is 240 g/mol. The molecule has 0 aromatic heterocycles. The van der Waals surface area contributed by atoms with Gasteiger partial charge in [0, 0.05) is 12.2 Å². The third kappa shape index (κ3) is 3.83. The third-order valence-electron chi connectivity index (χ3n) is 2.22. The monoisotopic (exact) mass is 256 g/mol. The molecule has 0 heterocycles. The van der Waals surface area contributed by atoms with E-state index >= 15 is 0 Å². The third-order valence-corrected chi connectivity index (χ3v) is 3.92. The molecule has 0 aliphatic rings. The van der Waals surface area contributed by atoms with E-state index in [0.29, 0.717) is 12.2 Å². The van der Waals surface area contributed by atoms with Gasteiger partial charge in [-0.15, -0.1) is 0 Å². The predicted molar refractivity (Wildman–Crippen MR) is 66.0 cm³/mol. The molecule has 6 heteroatoms. The molecule has 0 amide bonds. The Balaban J connectivity index is 2.81. The summed E-state index contributed by atoms with van der Waals surface area (Å²) in [5, 5.41) is 7.21. The maximum Gasteiger partial charge on any atom is 0.180 e. The Morgan fingerprint density at radius 2 is 1.94 bits per heavy atom. The number of nitrogens with two attached hydrogens (primary N) is 1. The van der Waals surface area contributed by atoms with E-state index in [-0.39, 0.29) is 23.1 Å². The average molecular weight is 256 g/mol. The van der Waals surface area contributed by atoms with E-state index in [1.54, 1.807) is 0 Å². The smallest absolute Gasteiger partial charge is 0.180 e. The van der Waals surface area contributed by atoms with Crippen molar-refractivity contribution >= 4 is 15.7 Å². The van der Waals surface area contributed by atoms with Gasteiger partial charge in [-0.2, -0.15) is 0 Å². The second-order valence-corrected chi connectivity index (χ2v) is 5.56. The summed E-state index contributed by atoms with van der Waals surface area (Å²) in [6.45, 7) is 2.50. The summed E-state index contributed by atoms with van der Waals surface area (Å²) in [7, 11) is -3.31. The van der Waals surface area contributed by atoms with E-state index in [0.717, 1.165) is 0 Å². The van der Waals surface area contributed by atoms with Gasteiger partial charge < -0.3 is 10.5 Å². The number of nitrogens with one attached hydrogen (secondary N) is 1. The molecule has 0 aliphatic carbocycles. The van der Waals surface area contributed by atoms with Gasteiger partial charge in [-0.25, -0.2) is 8.42 Å². The van der Waals surface area contributed by atoms with Crippen molar-refractivity contribution in [2.45, 2.75) is 11.8 Å².